The van der Waals surface area contributed by atoms with Crippen LogP contribution in [0.25, 0.3) is 0 Å². The third-order valence-corrected chi connectivity index (χ3v) is 5.39. The van der Waals surface area contributed by atoms with E-state index < -0.39 is 30.4 Å². The molecular weight excluding hydrogens is 448 g/mol. The van der Waals surface area contributed by atoms with Crippen LogP contribution in [-0.4, -0.2) is 48.9 Å². The van der Waals surface area contributed by atoms with Crippen molar-refractivity contribution in [3.8, 4) is 0 Å². The first-order valence-corrected chi connectivity index (χ1v) is 11.3. The molecule has 7 heteroatoms. The summed E-state index contributed by atoms with van der Waals surface area (Å²) in [6.07, 6.45) is -4.57. The molecule has 0 bridgehead atoms. The molecule has 0 fully saturated rings. The Morgan fingerprint density at radius 3 is 1.51 bits per heavy atom. The second kappa shape index (κ2) is 14.1. The Kier molecular flexibility index (Phi) is 10.6. The van der Waals surface area contributed by atoms with Gasteiger partial charge in [-0.05, 0) is 16.7 Å². The third-order valence-electron chi connectivity index (χ3n) is 5.39. The third kappa shape index (κ3) is 8.12. The first kappa shape index (κ1) is 26.2. The lowest BCUT2D eigenvalue weighted by atomic mass is 10.0. The largest absolute Gasteiger partial charge is 0.467 e. The van der Waals surface area contributed by atoms with Crippen molar-refractivity contribution in [3.05, 3.63) is 108 Å². The van der Waals surface area contributed by atoms with Gasteiger partial charge in [0.2, 0.25) is 0 Å². The van der Waals surface area contributed by atoms with Crippen molar-refractivity contribution in [3.63, 3.8) is 0 Å². The number of hydrogen-bond donors (Lipinski definition) is 1. The summed E-state index contributed by atoms with van der Waals surface area (Å²) in [6.45, 7) is 0.327. The molecule has 0 aliphatic heterocycles. The van der Waals surface area contributed by atoms with Crippen LogP contribution in [0, 0.1) is 0 Å². The SMILES string of the molecule is COC(=O)[C@H](O)[C@H](OCc1ccccc1)[C@@H](OCc1ccccc1)[C@@H](C=O)OCc1ccccc1. The van der Waals surface area contributed by atoms with Crippen molar-refractivity contribution in [2.75, 3.05) is 7.11 Å². The Morgan fingerprint density at radius 2 is 1.11 bits per heavy atom. The molecule has 0 radical (unpaired) electrons. The predicted molar refractivity (Wildman–Crippen MR) is 129 cm³/mol. The van der Waals surface area contributed by atoms with Crippen molar-refractivity contribution < 1.29 is 33.6 Å². The van der Waals surface area contributed by atoms with E-state index in [-0.39, 0.29) is 19.8 Å². The summed E-state index contributed by atoms with van der Waals surface area (Å²) < 4.78 is 22.7. The van der Waals surface area contributed by atoms with Gasteiger partial charge in [-0.15, -0.1) is 0 Å². The number of benzene rings is 3. The van der Waals surface area contributed by atoms with E-state index in [1.165, 1.54) is 7.11 Å². The molecule has 3 rings (SSSR count). The minimum Gasteiger partial charge on any atom is -0.467 e. The van der Waals surface area contributed by atoms with Crippen LogP contribution in [0.3, 0.4) is 0 Å². The van der Waals surface area contributed by atoms with Crippen LogP contribution in [0.15, 0.2) is 91.0 Å². The van der Waals surface area contributed by atoms with Gasteiger partial charge < -0.3 is 28.8 Å². The molecule has 0 aliphatic rings. The molecule has 3 aromatic carbocycles. The van der Waals surface area contributed by atoms with E-state index >= 15 is 0 Å². The van der Waals surface area contributed by atoms with E-state index in [9.17, 15) is 14.7 Å². The van der Waals surface area contributed by atoms with Crippen LogP contribution in [-0.2, 0) is 48.4 Å². The highest BCUT2D eigenvalue weighted by Gasteiger charge is 2.40. The van der Waals surface area contributed by atoms with Gasteiger partial charge >= 0.3 is 5.97 Å². The normalized spacial score (nSPS) is 14.5. The molecule has 0 spiro atoms. The molecule has 184 valence electrons. The molecule has 0 saturated carbocycles. The van der Waals surface area contributed by atoms with Crippen LogP contribution >= 0.6 is 0 Å². The number of aliphatic hydroxyl groups is 1. The topological polar surface area (TPSA) is 91.3 Å². The monoisotopic (exact) mass is 478 g/mol. The van der Waals surface area contributed by atoms with Gasteiger partial charge in [-0.2, -0.15) is 0 Å². The number of hydrogen-bond acceptors (Lipinski definition) is 7. The summed E-state index contributed by atoms with van der Waals surface area (Å²) in [5, 5.41) is 10.8. The molecule has 4 atom stereocenters. The van der Waals surface area contributed by atoms with Crippen molar-refractivity contribution in [2.24, 2.45) is 0 Å². The first-order chi connectivity index (χ1) is 17.1. The predicted octanol–water partition coefficient (Wildman–Crippen LogP) is 3.48. The maximum atomic E-state index is 12.3. The van der Waals surface area contributed by atoms with Crippen molar-refractivity contribution in [1.29, 1.82) is 0 Å². The number of methoxy groups -OCH3 is 1. The van der Waals surface area contributed by atoms with E-state index in [1.807, 2.05) is 91.0 Å². The molecule has 7 nitrogen and oxygen atoms in total. The second-order valence-corrected chi connectivity index (χ2v) is 7.89. The van der Waals surface area contributed by atoms with Gasteiger partial charge in [0.25, 0.3) is 0 Å². The summed E-state index contributed by atoms with van der Waals surface area (Å²) >= 11 is 0. The Balaban J connectivity index is 1.86. The van der Waals surface area contributed by atoms with E-state index in [2.05, 4.69) is 0 Å². The van der Waals surface area contributed by atoms with Gasteiger partial charge in [-0.1, -0.05) is 91.0 Å². The lowest BCUT2D eigenvalue weighted by Gasteiger charge is -2.33. The number of aldehydes is 1. The fourth-order valence-electron chi connectivity index (χ4n) is 3.51. The van der Waals surface area contributed by atoms with Crippen molar-refractivity contribution in [1.82, 2.24) is 0 Å². The number of rotatable bonds is 14. The zero-order chi connectivity index (χ0) is 24.9. The summed E-state index contributed by atoms with van der Waals surface area (Å²) in [5.74, 6) is -0.899. The number of esters is 1. The Bertz CT molecular complexity index is 1010. The lowest BCUT2D eigenvalue weighted by molar-refractivity contribution is -0.191. The zero-order valence-electron chi connectivity index (χ0n) is 19.6. The molecule has 1 N–H and O–H groups in total. The van der Waals surface area contributed by atoms with Crippen LogP contribution in [0.4, 0.5) is 0 Å². The smallest absolute Gasteiger partial charge is 0.337 e. The summed E-state index contributed by atoms with van der Waals surface area (Å²) in [5.41, 5.74) is 2.53. The summed E-state index contributed by atoms with van der Waals surface area (Å²) in [6, 6.07) is 28.0. The van der Waals surface area contributed by atoms with Gasteiger partial charge in [0.1, 0.15) is 18.3 Å². The average molecular weight is 479 g/mol. The van der Waals surface area contributed by atoms with Gasteiger partial charge in [-0.25, -0.2) is 4.79 Å². The lowest BCUT2D eigenvalue weighted by Crippen LogP contribution is -2.52. The van der Waals surface area contributed by atoms with Gasteiger partial charge in [0.05, 0.1) is 26.9 Å². The van der Waals surface area contributed by atoms with E-state index in [0.29, 0.717) is 6.29 Å². The molecule has 0 aliphatic carbocycles. The maximum Gasteiger partial charge on any atom is 0.337 e. The van der Waals surface area contributed by atoms with Gasteiger partial charge in [-0.3, -0.25) is 0 Å². The van der Waals surface area contributed by atoms with Crippen LogP contribution in [0.1, 0.15) is 16.7 Å². The zero-order valence-corrected chi connectivity index (χ0v) is 19.6. The average Bonchev–Trinajstić information content (AvgIpc) is 2.92. The first-order valence-electron chi connectivity index (χ1n) is 11.3. The highest BCUT2D eigenvalue weighted by atomic mass is 16.6. The Hall–Kier alpha value is -3.36. The molecule has 3 aromatic rings. The molecule has 0 amide bonds. The van der Waals surface area contributed by atoms with Crippen LogP contribution < -0.4 is 0 Å². The highest BCUT2D eigenvalue weighted by Crippen LogP contribution is 2.21. The molecular formula is C28H30O7. The van der Waals surface area contributed by atoms with E-state index in [0.717, 1.165) is 16.7 Å². The minimum absolute atomic E-state index is 0.0784. The van der Waals surface area contributed by atoms with Crippen molar-refractivity contribution >= 4 is 12.3 Å². The van der Waals surface area contributed by atoms with Crippen LogP contribution in [0.2, 0.25) is 0 Å². The van der Waals surface area contributed by atoms with Gasteiger partial charge in [0.15, 0.2) is 12.4 Å². The highest BCUT2D eigenvalue weighted by molar-refractivity contribution is 5.75. The second-order valence-electron chi connectivity index (χ2n) is 7.89. The summed E-state index contributed by atoms with van der Waals surface area (Å²) in [4.78, 5) is 24.5. The number of ether oxygens (including phenoxy) is 4. The maximum absolute atomic E-state index is 12.3. The molecule has 35 heavy (non-hydrogen) atoms. The fraction of sp³-hybridized carbons (Fsp3) is 0.286. The number of carbonyl (C=O) groups excluding carboxylic acids is 2. The Morgan fingerprint density at radius 1 is 0.714 bits per heavy atom. The molecule has 0 unspecified atom stereocenters. The fourth-order valence-corrected chi connectivity index (χ4v) is 3.51. The molecule has 0 saturated heterocycles. The van der Waals surface area contributed by atoms with Crippen LogP contribution in [0.5, 0.6) is 0 Å². The summed E-state index contributed by atoms with van der Waals surface area (Å²) in [7, 11) is 1.17. The quantitative estimate of drug-likeness (QED) is 0.280. The number of aliphatic hydroxyl groups excluding tert-OH is 1. The minimum atomic E-state index is -1.70. The van der Waals surface area contributed by atoms with Crippen molar-refractivity contribution in [2.45, 2.75) is 44.2 Å². The van der Waals surface area contributed by atoms with E-state index in [1.54, 1.807) is 0 Å². The standard InChI is InChI=1S/C28H30O7/c1-32-28(31)25(30)27(35-20-23-15-9-4-10-16-23)26(34-19-22-13-7-3-8-14-22)24(17-29)33-18-21-11-5-2-6-12-21/h2-17,24-27,30H,18-20H2,1H3/t24-,25-,26+,27+/m1/s1. The molecule has 0 aromatic heterocycles. The molecule has 0 heterocycles. The van der Waals surface area contributed by atoms with Gasteiger partial charge in [0, 0.05) is 0 Å². The van der Waals surface area contributed by atoms with E-state index in [4.69, 9.17) is 18.9 Å². The Labute approximate surface area is 205 Å². The number of carbonyl (C=O) groups is 2.